The highest BCUT2D eigenvalue weighted by Gasteiger charge is 2.28. The Balaban J connectivity index is 1.93. The van der Waals surface area contributed by atoms with E-state index in [4.69, 9.17) is 4.74 Å². The number of ether oxygens (including phenoxy) is 1. The fourth-order valence-electron chi connectivity index (χ4n) is 3.52. The molecular formula is C20H30N2O5S. The van der Waals surface area contributed by atoms with Gasteiger partial charge in [0.1, 0.15) is 0 Å². The number of hydrogen-bond donors (Lipinski definition) is 0. The molecule has 0 aromatic heterocycles. The third-order valence-electron chi connectivity index (χ3n) is 5.17. The van der Waals surface area contributed by atoms with E-state index in [1.165, 1.54) is 17.7 Å². The van der Waals surface area contributed by atoms with Crippen LogP contribution in [0.2, 0.25) is 0 Å². The molecule has 1 aromatic carbocycles. The fourth-order valence-corrected chi connectivity index (χ4v) is 4.53. The lowest BCUT2D eigenvalue weighted by Gasteiger charge is -2.31. The average Bonchev–Trinajstić information content (AvgIpc) is 2.65. The van der Waals surface area contributed by atoms with Crippen molar-refractivity contribution in [1.29, 1.82) is 0 Å². The smallest absolute Gasteiger partial charge is 0.308 e. The average molecular weight is 411 g/mol. The van der Waals surface area contributed by atoms with Crippen LogP contribution in [-0.2, 0) is 24.3 Å². The molecule has 1 saturated heterocycles. The maximum absolute atomic E-state index is 12.5. The van der Waals surface area contributed by atoms with Gasteiger partial charge in [-0.2, -0.15) is 0 Å². The van der Waals surface area contributed by atoms with Crippen LogP contribution in [-0.4, -0.2) is 58.2 Å². The standard InChI is InChI=1S/C20H30N2O5S/c1-15-7-8-16(2)18(14-15)22(28(4,25)26)11-5-6-19(23)21-12-9-17(10-13-21)20(24)27-3/h7-8,14,17H,5-6,9-13H2,1-4H3. The lowest BCUT2D eigenvalue weighted by molar-refractivity contribution is -0.148. The van der Waals surface area contributed by atoms with E-state index < -0.39 is 10.0 Å². The van der Waals surface area contributed by atoms with Crippen LogP contribution in [0.3, 0.4) is 0 Å². The van der Waals surface area contributed by atoms with Crippen molar-refractivity contribution in [3.63, 3.8) is 0 Å². The molecule has 8 heteroatoms. The van der Waals surface area contributed by atoms with E-state index in [2.05, 4.69) is 0 Å². The molecular weight excluding hydrogens is 380 g/mol. The first-order valence-corrected chi connectivity index (χ1v) is 11.4. The van der Waals surface area contributed by atoms with Gasteiger partial charge in [-0.3, -0.25) is 13.9 Å². The first kappa shape index (κ1) is 22.2. The van der Waals surface area contributed by atoms with Crippen LogP contribution in [0.25, 0.3) is 0 Å². The molecule has 7 nitrogen and oxygen atoms in total. The largest absolute Gasteiger partial charge is 0.469 e. The summed E-state index contributed by atoms with van der Waals surface area (Å²) in [5.41, 5.74) is 2.53. The number of benzene rings is 1. The molecule has 28 heavy (non-hydrogen) atoms. The van der Waals surface area contributed by atoms with Gasteiger partial charge in [0.05, 0.1) is 25.0 Å². The van der Waals surface area contributed by atoms with Gasteiger partial charge >= 0.3 is 5.97 Å². The number of piperidine rings is 1. The Kier molecular flexibility index (Phi) is 7.46. The van der Waals surface area contributed by atoms with Crippen molar-refractivity contribution in [3.8, 4) is 0 Å². The molecule has 1 heterocycles. The first-order chi connectivity index (χ1) is 13.1. The Hall–Kier alpha value is -2.09. The molecule has 156 valence electrons. The molecule has 1 aliphatic rings. The zero-order chi connectivity index (χ0) is 20.9. The van der Waals surface area contributed by atoms with Crippen LogP contribution in [0, 0.1) is 19.8 Å². The van der Waals surface area contributed by atoms with Gasteiger partial charge in [0.25, 0.3) is 0 Å². The van der Waals surface area contributed by atoms with Crippen molar-refractivity contribution in [2.75, 3.05) is 37.3 Å². The molecule has 0 atom stereocenters. The molecule has 0 spiro atoms. The number of methoxy groups -OCH3 is 1. The van der Waals surface area contributed by atoms with Crippen LogP contribution in [0.15, 0.2) is 18.2 Å². The molecule has 0 radical (unpaired) electrons. The lowest BCUT2D eigenvalue weighted by atomic mass is 9.97. The molecule has 0 unspecified atom stereocenters. The fraction of sp³-hybridized carbons (Fsp3) is 0.600. The summed E-state index contributed by atoms with van der Waals surface area (Å²) in [6.45, 7) is 5.12. The number of carbonyl (C=O) groups excluding carboxylic acids is 2. The number of nitrogens with zero attached hydrogens (tertiary/aromatic N) is 2. The SMILES string of the molecule is COC(=O)C1CCN(C(=O)CCCN(c2cc(C)ccc2C)S(C)(=O)=O)CC1. The second-order valence-electron chi connectivity index (χ2n) is 7.41. The van der Waals surface area contributed by atoms with Crippen LogP contribution in [0.1, 0.15) is 36.8 Å². The van der Waals surface area contributed by atoms with Crippen LogP contribution < -0.4 is 4.31 Å². The molecule has 1 aromatic rings. The zero-order valence-corrected chi connectivity index (χ0v) is 17.9. The lowest BCUT2D eigenvalue weighted by Crippen LogP contribution is -2.41. The van der Waals surface area contributed by atoms with E-state index in [0.717, 1.165) is 11.1 Å². The molecule has 1 amide bonds. The van der Waals surface area contributed by atoms with Gasteiger partial charge in [-0.05, 0) is 50.3 Å². The number of sulfonamides is 1. The van der Waals surface area contributed by atoms with Gasteiger partial charge in [0.2, 0.25) is 15.9 Å². The van der Waals surface area contributed by atoms with Gasteiger partial charge in [-0.15, -0.1) is 0 Å². The highest BCUT2D eigenvalue weighted by Crippen LogP contribution is 2.25. The van der Waals surface area contributed by atoms with Crippen molar-refractivity contribution in [3.05, 3.63) is 29.3 Å². The normalized spacial score (nSPS) is 15.4. The molecule has 0 saturated carbocycles. The summed E-state index contributed by atoms with van der Waals surface area (Å²) in [6.07, 6.45) is 3.12. The molecule has 1 fully saturated rings. The summed E-state index contributed by atoms with van der Waals surface area (Å²) < 4.78 is 30.7. The van der Waals surface area contributed by atoms with E-state index in [1.54, 1.807) is 4.90 Å². The predicted octanol–water partition coefficient (Wildman–Crippen LogP) is 2.26. The molecule has 1 aliphatic heterocycles. The summed E-state index contributed by atoms with van der Waals surface area (Å²) in [5.74, 6) is -0.360. The Labute approximate surface area is 167 Å². The Morgan fingerprint density at radius 3 is 2.43 bits per heavy atom. The van der Waals surface area contributed by atoms with Crippen LogP contribution in [0.5, 0.6) is 0 Å². The highest BCUT2D eigenvalue weighted by atomic mass is 32.2. The van der Waals surface area contributed by atoms with Crippen molar-refractivity contribution in [1.82, 2.24) is 4.90 Å². The Bertz CT molecular complexity index is 814. The summed E-state index contributed by atoms with van der Waals surface area (Å²) >= 11 is 0. The highest BCUT2D eigenvalue weighted by molar-refractivity contribution is 7.92. The van der Waals surface area contributed by atoms with Gasteiger partial charge in [-0.25, -0.2) is 8.42 Å². The minimum atomic E-state index is -3.44. The summed E-state index contributed by atoms with van der Waals surface area (Å²) in [6, 6.07) is 5.70. The minimum Gasteiger partial charge on any atom is -0.469 e. The van der Waals surface area contributed by atoms with E-state index in [0.29, 0.717) is 38.0 Å². The molecule has 2 rings (SSSR count). The topological polar surface area (TPSA) is 84.0 Å². The summed E-state index contributed by atoms with van der Waals surface area (Å²) in [4.78, 5) is 25.8. The van der Waals surface area contributed by atoms with Crippen molar-refractivity contribution >= 4 is 27.6 Å². The summed E-state index contributed by atoms with van der Waals surface area (Å²) in [5, 5.41) is 0. The predicted molar refractivity (Wildman–Crippen MR) is 109 cm³/mol. The van der Waals surface area contributed by atoms with Gasteiger partial charge in [0, 0.05) is 26.1 Å². The van der Waals surface area contributed by atoms with Crippen molar-refractivity contribution in [2.24, 2.45) is 5.92 Å². The van der Waals surface area contributed by atoms with Gasteiger partial charge in [-0.1, -0.05) is 12.1 Å². The van der Waals surface area contributed by atoms with E-state index in [-0.39, 0.29) is 30.8 Å². The summed E-state index contributed by atoms with van der Waals surface area (Å²) in [7, 11) is -2.06. The quantitative estimate of drug-likeness (QED) is 0.644. The minimum absolute atomic E-state index is 0.00210. The van der Waals surface area contributed by atoms with Crippen LogP contribution >= 0.6 is 0 Å². The van der Waals surface area contributed by atoms with E-state index in [1.807, 2.05) is 32.0 Å². The second-order valence-corrected chi connectivity index (χ2v) is 9.31. The third kappa shape index (κ3) is 5.70. The zero-order valence-electron chi connectivity index (χ0n) is 17.1. The van der Waals surface area contributed by atoms with Crippen molar-refractivity contribution in [2.45, 2.75) is 39.5 Å². The van der Waals surface area contributed by atoms with Crippen molar-refractivity contribution < 1.29 is 22.7 Å². The van der Waals surface area contributed by atoms with Crippen LogP contribution in [0.4, 0.5) is 5.69 Å². The number of likely N-dealkylation sites (tertiary alicyclic amines) is 1. The first-order valence-electron chi connectivity index (χ1n) is 9.54. The molecule has 0 aliphatic carbocycles. The maximum Gasteiger partial charge on any atom is 0.308 e. The Morgan fingerprint density at radius 1 is 1.21 bits per heavy atom. The number of anilines is 1. The number of hydrogen-bond acceptors (Lipinski definition) is 5. The molecule has 0 bridgehead atoms. The van der Waals surface area contributed by atoms with E-state index >= 15 is 0 Å². The number of amides is 1. The number of carbonyl (C=O) groups is 2. The Morgan fingerprint density at radius 2 is 1.86 bits per heavy atom. The molecule has 0 N–H and O–H groups in total. The maximum atomic E-state index is 12.5. The van der Waals surface area contributed by atoms with Gasteiger partial charge < -0.3 is 9.64 Å². The number of aryl methyl sites for hydroxylation is 2. The van der Waals surface area contributed by atoms with E-state index in [9.17, 15) is 18.0 Å². The second kappa shape index (κ2) is 9.41. The van der Waals surface area contributed by atoms with Gasteiger partial charge in [0.15, 0.2) is 0 Å². The number of rotatable bonds is 7. The monoisotopic (exact) mass is 410 g/mol. The number of esters is 1. The third-order valence-corrected chi connectivity index (χ3v) is 6.35.